The van der Waals surface area contributed by atoms with Crippen LogP contribution in [0.1, 0.15) is 203 Å². The van der Waals surface area contributed by atoms with Gasteiger partial charge in [-0.15, -0.1) is 16.7 Å². The largest absolute Gasteiger partial charge is 0.624 e. The number of carbonyl (C=O) groups is 3. The van der Waals surface area contributed by atoms with Crippen molar-refractivity contribution < 1.29 is 28.7 Å². The van der Waals surface area contributed by atoms with E-state index in [-0.39, 0.29) is 17.7 Å². The van der Waals surface area contributed by atoms with Gasteiger partial charge in [0.25, 0.3) is 0 Å². The number of aliphatic imine (C=N–C) groups is 1. The fourth-order valence-corrected chi connectivity index (χ4v) is 3.90. The van der Waals surface area contributed by atoms with Crippen LogP contribution in [0.4, 0.5) is 0 Å². The van der Waals surface area contributed by atoms with Crippen LogP contribution in [0.25, 0.3) is 0 Å². The van der Waals surface area contributed by atoms with Gasteiger partial charge in [0, 0.05) is 54.5 Å². The van der Waals surface area contributed by atoms with Crippen LogP contribution in [0, 0.1) is 57.3 Å². The molecule has 0 radical (unpaired) electrons. The maximum atomic E-state index is 9.96. The molecule has 14 heteroatoms. The smallest absolute Gasteiger partial charge is 0.302 e. The van der Waals surface area contributed by atoms with Crippen molar-refractivity contribution in [3.05, 3.63) is 58.0 Å². The summed E-state index contributed by atoms with van der Waals surface area (Å²) in [5, 5.41) is 39.5. The minimum absolute atomic E-state index is 0.00463. The van der Waals surface area contributed by atoms with Crippen molar-refractivity contribution in [1.29, 1.82) is 5.26 Å². The number of ketones is 1. The second-order valence-electron chi connectivity index (χ2n) is 15.1. The number of ether oxygens (including phenoxy) is 1. The van der Waals surface area contributed by atoms with Crippen LogP contribution in [-0.4, -0.2) is 96.1 Å². The molecule has 2 aliphatic rings. The average molecular weight is 1020 g/mol. The quantitative estimate of drug-likeness (QED) is 0.0277. The summed E-state index contributed by atoms with van der Waals surface area (Å²) in [5.41, 5.74) is 2.15. The van der Waals surface area contributed by atoms with E-state index in [2.05, 4.69) is 76.0 Å². The van der Waals surface area contributed by atoms with Crippen LogP contribution < -0.4 is 5.32 Å². The van der Waals surface area contributed by atoms with Gasteiger partial charge in [-0.3, -0.25) is 14.4 Å². The Kier molecular flexibility index (Phi) is 128. The van der Waals surface area contributed by atoms with E-state index in [9.17, 15) is 24.8 Å². The lowest BCUT2D eigenvalue weighted by Gasteiger charge is -2.32. The number of hydrogen-bond donors (Lipinski definition) is 1. The van der Waals surface area contributed by atoms with Crippen LogP contribution in [0.3, 0.4) is 0 Å². The van der Waals surface area contributed by atoms with Crippen LogP contribution in [0.2, 0.25) is 0 Å². The summed E-state index contributed by atoms with van der Waals surface area (Å²) in [6.45, 7) is 40.1. The van der Waals surface area contributed by atoms with Crippen molar-refractivity contribution in [1.82, 2.24) is 5.32 Å². The average Bonchev–Trinajstić information content (AvgIpc) is 3.39. The van der Waals surface area contributed by atoms with Crippen molar-refractivity contribution in [3.63, 3.8) is 0 Å². The molecule has 2 saturated carbocycles. The molecule has 0 unspecified atom stereocenters. The fourth-order valence-electron chi connectivity index (χ4n) is 3.90. The highest BCUT2D eigenvalue weighted by Crippen LogP contribution is 2.38. The van der Waals surface area contributed by atoms with Crippen molar-refractivity contribution in [2.24, 2.45) is 44.0 Å². The number of nitrogens with one attached hydrogen (secondary N) is 1. The van der Waals surface area contributed by atoms with Gasteiger partial charge >= 0.3 is 5.97 Å². The van der Waals surface area contributed by atoms with E-state index < -0.39 is 0 Å². The molecule has 14 nitrogen and oxygen atoms in total. The Morgan fingerprint density at radius 2 is 0.958 bits per heavy atom. The molecular formula is C58H118N8O6. The third kappa shape index (κ3) is 167. The normalized spacial score (nSPS) is 15.6. The van der Waals surface area contributed by atoms with E-state index in [0.717, 1.165) is 34.0 Å². The van der Waals surface area contributed by atoms with Crippen molar-refractivity contribution in [2.75, 3.05) is 56.4 Å². The van der Waals surface area contributed by atoms with Crippen molar-refractivity contribution >= 4 is 30.1 Å². The summed E-state index contributed by atoms with van der Waals surface area (Å²) >= 11 is 0. The van der Waals surface area contributed by atoms with E-state index >= 15 is 0 Å². The summed E-state index contributed by atoms with van der Waals surface area (Å²) < 4.78 is 4.86. The first-order valence-corrected chi connectivity index (χ1v) is 25.5. The molecule has 2 rings (SSSR count). The van der Waals surface area contributed by atoms with Crippen LogP contribution in [0.5, 0.6) is 0 Å². The Bertz CT molecular complexity index is 1310. The van der Waals surface area contributed by atoms with E-state index in [1.54, 1.807) is 66.8 Å². The summed E-state index contributed by atoms with van der Waals surface area (Å²) in [6, 6.07) is 1.98. The number of carbonyl (C=O) groups excluding carboxylic acids is 3. The van der Waals surface area contributed by atoms with Crippen LogP contribution in [0.15, 0.2) is 67.9 Å². The summed E-state index contributed by atoms with van der Waals surface area (Å²) in [5.74, 6) is 9.46. The lowest BCUT2D eigenvalue weighted by atomic mass is 9.74. The molecule has 426 valence electrons. The maximum absolute atomic E-state index is 9.96. The van der Waals surface area contributed by atoms with Gasteiger partial charge in [0.15, 0.2) is 12.8 Å². The summed E-state index contributed by atoms with van der Waals surface area (Å²) in [7, 11) is 12.2. The van der Waals surface area contributed by atoms with Gasteiger partial charge in [-0.05, 0) is 131 Å². The number of amides is 1. The van der Waals surface area contributed by atoms with E-state index in [1.807, 2.05) is 101 Å². The predicted molar refractivity (Wildman–Crippen MR) is 318 cm³/mol. The van der Waals surface area contributed by atoms with Crippen LogP contribution in [-0.2, 0) is 19.1 Å². The summed E-state index contributed by atoms with van der Waals surface area (Å²) in [6.07, 6.45) is 28.0. The highest BCUT2D eigenvalue weighted by Gasteiger charge is 2.24. The monoisotopic (exact) mass is 1020 g/mol. The fraction of sp³-hybridized carbons (Fsp3) is 0.724. The summed E-state index contributed by atoms with van der Waals surface area (Å²) in [4.78, 5) is 33.4. The first-order valence-electron chi connectivity index (χ1n) is 25.5. The Morgan fingerprint density at radius 1 is 0.681 bits per heavy atom. The zero-order valence-corrected chi connectivity index (χ0v) is 52.4. The van der Waals surface area contributed by atoms with Gasteiger partial charge in [-0.25, -0.2) is 4.74 Å². The second kappa shape index (κ2) is 95.4. The van der Waals surface area contributed by atoms with Gasteiger partial charge in [0.2, 0.25) is 5.91 Å². The molecule has 0 spiro atoms. The Balaban J connectivity index is -0.0000000561. The molecular weight excluding hydrogens is 905 g/mol. The molecule has 1 N–H and O–H groups in total. The van der Waals surface area contributed by atoms with Gasteiger partial charge in [-0.2, -0.15) is 15.5 Å². The molecule has 0 atom stereocenters. The topological polar surface area (TPSA) is 198 Å². The zero-order chi connectivity index (χ0) is 59.7. The SMILES string of the molecule is C/C=C(\C)C#N.C/C=C\C.C/C=C\C(C)=O.C/C=[N+](\C)[O-].CC.CC.CC#CC.CC1CCC(CC2CCC(C)CC2)CC1.CC=C(C)C.CC=NC.CN=NC.CN=[N+](C)[O-].CNC(C)=O.COC(C)=O. The zero-order valence-electron chi connectivity index (χ0n) is 52.4. The number of azo groups is 2. The molecule has 72 heavy (non-hydrogen) atoms. The number of nitriles is 1. The van der Waals surface area contributed by atoms with Crippen LogP contribution >= 0.6 is 0 Å². The standard InChI is InChI=1S/C15H28.C5H7N.C5H8O.C5H10.C4H8.C4H6.2C3H7NO.C3H7N.C3H6O2.C2H6N2O.C2H6N2.2C2H6/c1-12-3-7-14(8-4-12)11-15-9-5-13(2)6-10-15;1-3-5(2)4-6;1-3-4-5(2)6;1-4-5(2)3;2*1-3-4-2;1-3-4(2)5;1-3(5)4-2;1-3-4-2;1-3(4)5-2;1-3-4(2)5;1-3-4-2;2*1-2/h12-15H,3-11H2,1-2H3;3H,1-2H3;3-4H,1-2H3;4H,1-3H3;3-4H,1-2H3;1-2H3;3H,1-2H3;1-2H3,(H,4,5);3H,1-2H3;2*1-2H3;1-2H3;2*1-2H3/b;5-3+;4-3-;;4-3-;;4-3+;;;;;;;. The van der Waals surface area contributed by atoms with Gasteiger partial charge in [-0.1, -0.05) is 129 Å². The number of hydrogen-bond acceptors (Lipinski definition) is 11. The first-order chi connectivity index (χ1) is 33.8. The van der Waals surface area contributed by atoms with Crippen molar-refractivity contribution in [2.45, 2.75) is 203 Å². The third-order valence-corrected chi connectivity index (χ3v) is 8.85. The Hall–Kier alpha value is -5.24. The molecule has 0 aliphatic heterocycles. The molecule has 2 fully saturated rings. The lowest BCUT2D eigenvalue weighted by molar-refractivity contribution is -0.497. The van der Waals surface area contributed by atoms with E-state index in [4.69, 9.17) is 5.26 Å². The Labute approximate surface area is 447 Å². The number of methoxy groups -OCH3 is 1. The molecule has 2 aliphatic carbocycles. The number of esters is 1. The van der Waals surface area contributed by atoms with E-state index in [0.29, 0.717) is 4.86 Å². The van der Waals surface area contributed by atoms with Gasteiger partial charge < -0.3 is 25.5 Å². The lowest BCUT2D eigenvalue weighted by Crippen LogP contribution is -2.19. The highest BCUT2D eigenvalue weighted by molar-refractivity contribution is 5.87. The first kappa shape index (κ1) is 96.3. The molecule has 0 aromatic carbocycles. The second-order valence-corrected chi connectivity index (χ2v) is 15.1. The minimum atomic E-state index is -0.245. The van der Waals surface area contributed by atoms with Crippen molar-refractivity contribution in [3.8, 4) is 17.9 Å². The number of nitrogens with zero attached hydrogens (tertiary/aromatic N) is 7. The maximum Gasteiger partial charge on any atom is 0.302 e. The number of allylic oxidation sites excluding steroid dienone is 8. The molecule has 0 aromatic heterocycles. The molecule has 0 aromatic rings. The molecule has 1 amide bonds. The number of hydroxylamine groups is 2. The molecule has 0 saturated heterocycles. The minimum Gasteiger partial charge on any atom is -0.624 e. The van der Waals surface area contributed by atoms with Gasteiger partial charge in [0.05, 0.1) is 20.2 Å². The highest BCUT2D eigenvalue weighted by atomic mass is 16.5. The van der Waals surface area contributed by atoms with Gasteiger partial charge in [0.1, 0.15) is 13.3 Å². The number of rotatable bonds is 3. The third-order valence-electron chi connectivity index (χ3n) is 8.85. The predicted octanol–water partition coefficient (Wildman–Crippen LogP) is 16.1. The molecule has 0 heterocycles. The molecule has 0 bridgehead atoms. The Morgan fingerprint density at radius 3 is 1.03 bits per heavy atom. The van der Waals surface area contributed by atoms with E-state index in [1.165, 1.54) is 118 Å².